The van der Waals surface area contributed by atoms with Gasteiger partial charge in [-0.15, -0.1) is 0 Å². The molecule has 0 spiro atoms. The number of pyridine rings is 2. The zero-order chi connectivity index (χ0) is 28.2. The molecule has 0 bridgehead atoms. The molecule has 2 fully saturated rings. The SMILES string of the molecule is O=C(NCc1cc(-c2ccc(C(F)(F)F)cn2)ccn1)[C@@H]1[C@H]2CC[C@H]2CN1S(=O)(=O)c1cc2cc(F)ccc2o1. The van der Waals surface area contributed by atoms with Gasteiger partial charge in [-0.2, -0.15) is 17.5 Å². The summed E-state index contributed by atoms with van der Waals surface area (Å²) in [6.07, 6.45) is -0.791. The Morgan fingerprint density at radius 2 is 1.90 bits per heavy atom. The van der Waals surface area contributed by atoms with Crippen LogP contribution in [-0.2, 0) is 27.5 Å². The highest BCUT2D eigenvalue weighted by Gasteiger charge is 2.54. The molecule has 6 rings (SSSR count). The summed E-state index contributed by atoms with van der Waals surface area (Å²) >= 11 is 0. The van der Waals surface area contributed by atoms with Crippen molar-refractivity contribution in [2.45, 2.75) is 36.7 Å². The third kappa shape index (κ3) is 4.73. The van der Waals surface area contributed by atoms with Gasteiger partial charge in [-0.1, -0.05) is 0 Å². The maximum atomic E-state index is 13.6. The predicted octanol–water partition coefficient (Wildman–Crippen LogP) is 4.76. The Bertz CT molecular complexity index is 1710. The van der Waals surface area contributed by atoms with Crippen molar-refractivity contribution in [3.8, 4) is 11.3 Å². The molecule has 4 aromatic rings. The van der Waals surface area contributed by atoms with E-state index in [-0.39, 0.29) is 35.6 Å². The van der Waals surface area contributed by atoms with Gasteiger partial charge in [0.2, 0.25) is 11.0 Å². The lowest BCUT2D eigenvalue weighted by Crippen LogP contribution is -2.49. The number of nitrogens with one attached hydrogen (secondary N) is 1. The molecule has 3 aromatic heterocycles. The second kappa shape index (κ2) is 9.66. The Balaban J connectivity index is 1.19. The highest BCUT2D eigenvalue weighted by molar-refractivity contribution is 7.89. The fraction of sp³-hybridized carbons (Fsp3) is 0.296. The number of nitrogens with zero attached hydrogens (tertiary/aromatic N) is 3. The number of carbonyl (C=O) groups is 1. The molecule has 4 heterocycles. The van der Waals surface area contributed by atoms with Crippen molar-refractivity contribution in [3.05, 3.63) is 78.0 Å². The molecule has 0 radical (unpaired) electrons. The number of carbonyl (C=O) groups excluding carboxylic acids is 1. The van der Waals surface area contributed by atoms with Crippen LogP contribution in [0.15, 0.2) is 70.4 Å². The zero-order valence-electron chi connectivity index (χ0n) is 20.7. The standard InChI is InChI=1S/C27H22F4N4O4S/c28-19-3-6-23-17(9-19)11-24(39-23)40(37,38)35-14-16-1-4-21(16)25(35)26(36)34-13-20-10-15(7-8-32-20)22-5-2-18(12-33-22)27(29,30)31/h2-3,5-12,16,21,25H,1,4,13-14H2,(H,34,36)/t16-,21-,25-/m0/s1. The molecule has 8 nitrogen and oxygen atoms in total. The first-order valence-corrected chi connectivity index (χ1v) is 13.9. The summed E-state index contributed by atoms with van der Waals surface area (Å²) in [6, 6.07) is 9.38. The van der Waals surface area contributed by atoms with Crippen LogP contribution >= 0.6 is 0 Å². The molecule has 2 aliphatic rings. The number of fused-ring (bicyclic) bond motifs is 2. The van der Waals surface area contributed by atoms with Gasteiger partial charge < -0.3 is 9.73 Å². The number of hydrogen-bond donors (Lipinski definition) is 1. The van der Waals surface area contributed by atoms with Gasteiger partial charge >= 0.3 is 6.18 Å². The largest absolute Gasteiger partial charge is 0.443 e. The maximum Gasteiger partial charge on any atom is 0.417 e. The topological polar surface area (TPSA) is 105 Å². The lowest BCUT2D eigenvalue weighted by atomic mass is 9.73. The minimum absolute atomic E-state index is 0.0288. The normalized spacial score (nSPS) is 21.2. The molecule has 1 aliphatic carbocycles. The average molecular weight is 575 g/mol. The minimum Gasteiger partial charge on any atom is -0.443 e. The summed E-state index contributed by atoms with van der Waals surface area (Å²) in [6.45, 7) is 0.142. The van der Waals surface area contributed by atoms with E-state index in [0.717, 1.165) is 23.0 Å². The number of amides is 1. The van der Waals surface area contributed by atoms with Crippen molar-refractivity contribution in [2.24, 2.45) is 11.8 Å². The molecule has 1 amide bonds. The van der Waals surface area contributed by atoms with E-state index < -0.39 is 39.5 Å². The predicted molar refractivity (Wildman–Crippen MR) is 134 cm³/mol. The minimum atomic E-state index is -4.50. The number of furan rings is 1. The van der Waals surface area contributed by atoms with Crippen LogP contribution in [0.1, 0.15) is 24.1 Å². The van der Waals surface area contributed by atoms with E-state index in [4.69, 9.17) is 4.42 Å². The molecule has 1 saturated heterocycles. The van der Waals surface area contributed by atoms with Crippen LogP contribution in [0.4, 0.5) is 17.6 Å². The van der Waals surface area contributed by atoms with Crippen molar-refractivity contribution < 1.29 is 35.2 Å². The van der Waals surface area contributed by atoms with Crippen LogP contribution in [0.25, 0.3) is 22.2 Å². The molecule has 3 atom stereocenters. The Kier molecular flexibility index (Phi) is 6.37. The van der Waals surface area contributed by atoms with E-state index in [1.54, 1.807) is 12.1 Å². The molecule has 1 aromatic carbocycles. The van der Waals surface area contributed by atoms with Crippen LogP contribution in [0.5, 0.6) is 0 Å². The summed E-state index contributed by atoms with van der Waals surface area (Å²) in [4.78, 5) is 21.5. The second-order valence-corrected chi connectivity index (χ2v) is 11.8. The Morgan fingerprint density at radius 1 is 1.07 bits per heavy atom. The van der Waals surface area contributed by atoms with Gasteiger partial charge in [-0.3, -0.25) is 14.8 Å². The molecule has 0 unspecified atom stereocenters. The van der Waals surface area contributed by atoms with Gasteiger partial charge in [0, 0.05) is 36.0 Å². The van der Waals surface area contributed by atoms with Crippen molar-refractivity contribution in [1.82, 2.24) is 19.6 Å². The van der Waals surface area contributed by atoms with Gasteiger partial charge in [0.1, 0.15) is 17.4 Å². The third-order valence-electron chi connectivity index (χ3n) is 7.54. The van der Waals surface area contributed by atoms with Crippen molar-refractivity contribution in [3.63, 3.8) is 0 Å². The van der Waals surface area contributed by atoms with E-state index in [9.17, 15) is 30.8 Å². The van der Waals surface area contributed by atoms with Gasteiger partial charge in [0.25, 0.3) is 10.0 Å². The Labute approximate surface area is 226 Å². The number of benzene rings is 1. The summed E-state index contributed by atoms with van der Waals surface area (Å²) in [7, 11) is -4.19. The lowest BCUT2D eigenvalue weighted by Gasteiger charge is -2.32. The van der Waals surface area contributed by atoms with Crippen LogP contribution in [0, 0.1) is 17.7 Å². The number of halogens is 4. The quantitative estimate of drug-likeness (QED) is 0.333. The van der Waals surface area contributed by atoms with Gasteiger partial charge in [-0.25, -0.2) is 12.8 Å². The van der Waals surface area contributed by atoms with E-state index >= 15 is 0 Å². The fourth-order valence-corrected chi connectivity index (χ4v) is 6.99. The van der Waals surface area contributed by atoms with Crippen molar-refractivity contribution >= 4 is 26.9 Å². The fourth-order valence-electron chi connectivity index (χ4n) is 5.35. The molecule has 13 heteroatoms. The smallest absolute Gasteiger partial charge is 0.417 e. The second-order valence-electron chi connectivity index (χ2n) is 9.95. The first kappa shape index (κ1) is 26.4. The molecule has 208 valence electrons. The molecule has 1 saturated carbocycles. The summed E-state index contributed by atoms with van der Waals surface area (Å²) < 4.78 is 86.0. The third-order valence-corrected chi connectivity index (χ3v) is 9.24. The van der Waals surface area contributed by atoms with Crippen molar-refractivity contribution in [2.75, 3.05) is 6.54 Å². The zero-order valence-corrected chi connectivity index (χ0v) is 21.5. The van der Waals surface area contributed by atoms with E-state index in [1.165, 1.54) is 36.5 Å². The van der Waals surface area contributed by atoms with Crippen LogP contribution in [0.3, 0.4) is 0 Å². The number of alkyl halides is 3. The molecule has 1 aliphatic heterocycles. The number of hydrogen-bond acceptors (Lipinski definition) is 6. The van der Waals surface area contributed by atoms with Crippen LogP contribution in [-0.4, -0.2) is 41.2 Å². The van der Waals surface area contributed by atoms with E-state index in [2.05, 4.69) is 15.3 Å². The summed E-state index contributed by atoms with van der Waals surface area (Å²) in [5, 5.41) is 2.71. The highest BCUT2D eigenvalue weighted by Crippen LogP contribution is 2.47. The molecular formula is C27H22F4N4O4S. The maximum absolute atomic E-state index is 13.6. The van der Waals surface area contributed by atoms with E-state index in [0.29, 0.717) is 28.8 Å². The molecule has 1 N–H and O–H groups in total. The van der Waals surface area contributed by atoms with E-state index in [1.807, 2.05) is 0 Å². The number of sulfonamides is 1. The van der Waals surface area contributed by atoms with Crippen molar-refractivity contribution in [1.29, 1.82) is 0 Å². The molecule has 40 heavy (non-hydrogen) atoms. The Hall–Kier alpha value is -3.84. The monoisotopic (exact) mass is 574 g/mol. The van der Waals surface area contributed by atoms with Gasteiger partial charge in [0.15, 0.2) is 0 Å². The number of aromatic nitrogens is 2. The summed E-state index contributed by atoms with van der Waals surface area (Å²) in [5.74, 6) is -1.12. The Morgan fingerprint density at radius 3 is 2.60 bits per heavy atom. The highest BCUT2D eigenvalue weighted by atomic mass is 32.2. The first-order valence-electron chi connectivity index (χ1n) is 12.5. The first-order chi connectivity index (χ1) is 19.0. The van der Waals surface area contributed by atoms with Crippen LogP contribution in [0.2, 0.25) is 0 Å². The van der Waals surface area contributed by atoms with Crippen LogP contribution < -0.4 is 5.32 Å². The lowest BCUT2D eigenvalue weighted by molar-refractivity contribution is -0.137. The van der Waals surface area contributed by atoms with Gasteiger partial charge in [0.05, 0.1) is 23.5 Å². The average Bonchev–Trinajstić information content (AvgIpc) is 3.45. The number of rotatable bonds is 6. The van der Waals surface area contributed by atoms with Gasteiger partial charge in [-0.05, 0) is 67.1 Å². The molecular weight excluding hydrogens is 552 g/mol. The summed E-state index contributed by atoms with van der Waals surface area (Å²) in [5.41, 5.74) is 0.594.